The van der Waals surface area contributed by atoms with Crippen molar-refractivity contribution in [3.63, 3.8) is 0 Å². The molecule has 1 atom stereocenters. The molecule has 3 aromatic heterocycles. The molecular weight excluding hydrogens is 468 g/mol. The van der Waals surface area contributed by atoms with Crippen molar-refractivity contribution in [3.05, 3.63) is 77.8 Å². The van der Waals surface area contributed by atoms with Gasteiger partial charge in [-0.15, -0.1) is 16.4 Å². The third kappa shape index (κ3) is 4.75. The summed E-state index contributed by atoms with van der Waals surface area (Å²) in [5.74, 6) is -0.533. The van der Waals surface area contributed by atoms with Gasteiger partial charge < -0.3 is 11.1 Å². The number of nitrogens with one attached hydrogen (secondary N) is 1. The number of thiophene rings is 1. The average molecular weight is 492 g/mol. The van der Waals surface area contributed by atoms with Gasteiger partial charge in [0.15, 0.2) is 5.82 Å². The summed E-state index contributed by atoms with van der Waals surface area (Å²) in [5, 5.41) is 12.0. The van der Waals surface area contributed by atoms with Crippen molar-refractivity contribution in [3.8, 4) is 21.7 Å². The smallest absolute Gasteiger partial charge is 0.223 e. The summed E-state index contributed by atoms with van der Waals surface area (Å²) < 4.78 is 31.6. The molecule has 10 heteroatoms. The molecule has 5 rings (SSSR count). The Morgan fingerprint density at radius 3 is 2.77 bits per heavy atom. The summed E-state index contributed by atoms with van der Waals surface area (Å²) in [4.78, 5) is 9.15. The van der Waals surface area contributed by atoms with Gasteiger partial charge in [0.1, 0.15) is 11.5 Å². The van der Waals surface area contributed by atoms with Crippen molar-refractivity contribution in [2.45, 2.75) is 26.4 Å². The van der Waals surface area contributed by atoms with Crippen molar-refractivity contribution in [2.75, 3.05) is 11.9 Å². The van der Waals surface area contributed by atoms with E-state index in [0.29, 0.717) is 23.9 Å². The van der Waals surface area contributed by atoms with Crippen molar-refractivity contribution in [2.24, 2.45) is 5.73 Å². The van der Waals surface area contributed by atoms with E-state index in [1.54, 1.807) is 10.7 Å². The van der Waals surface area contributed by atoms with Crippen LogP contribution in [0.5, 0.6) is 0 Å². The van der Waals surface area contributed by atoms with Crippen LogP contribution in [0.15, 0.2) is 54.9 Å². The van der Waals surface area contributed by atoms with Crippen LogP contribution < -0.4 is 11.1 Å². The lowest BCUT2D eigenvalue weighted by Gasteiger charge is -2.14. The van der Waals surface area contributed by atoms with Gasteiger partial charge >= 0.3 is 0 Å². The highest BCUT2D eigenvalue weighted by Gasteiger charge is 2.17. The van der Waals surface area contributed by atoms with Crippen LogP contribution in [-0.2, 0) is 6.54 Å². The van der Waals surface area contributed by atoms with Gasteiger partial charge in [-0.25, -0.2) is 18.7 Å². The first-order valence-corrected chi connectivity index (χ1v) is 11.9. The Kier molecular flexibility index (Phi) is 6.23. The molecule has 0 saturated heterocycles. The number of rotatable bonds is 7. The lowest BCUT2D eigenvalue weighted by atomic mass is 9.95. The lowest BCUT2D eigenvalue weighted by molar-refractivity contribution is 0.604. The van der Waals surface area contributed by atoms with Crippen LogP contribution in [-0.4, -0.2) is 31.5 Å². The summed E-state index contributed by atoms with van der Waals surface area (Å²) in [5.41, 5.74) is 9.62. The van der Waals surface area contributed by atoms with Gasteiger partial charge in [-0.1, -0.05) is 29.5 Å². The monoisotopic (exact) mass is 491 g/mol. The molecule has 1 unspecified atom stereocenters. The Bertz CT molecular complexity index is 1510. The molecule has 7 nitrogen and oxygen atoms in total. The molecule has 0 amide bonds. The highest BCUT2D eigenvalue weighted by molar-refractivity contribution is 7.22. The zero-order chi connectivity index (χ0) is 24.5. The first-order chi connectivity index (χ1) is 16.9. The summed E-state index contributed by atoms with van der Waals surface area (Å²) in [6.45, 7) is 4.81. The molecule has 0 aliphatic rings. The number of nitrogens with zero attached hydrogens (tertiary/aromatic N) is 5. The fraction of sp³-hybridized carbons (Fsp3) is 0.200. The number of nitrogens with two attached hydrogens (primary N) is 1. The predicted octanol–water partition coefficient (Wildman–Crippen LogP) is 5.34. The number of halogens is 2. The molecule has 0 saturated carbocycles. The van der Waals surface area contributed by atoms with Crippen LogP contribution >= 0.6 is 11.3 Å². The highest BCUT2D eigenvalue weighted by atomic mass is 32.1. The SMILES string of the molecule is Cc1cn(CCNc2ncc(F)c(-c3cc4cccc(-c5cc(F)ccc5C(C)N)c4s3)n2)nn1. The number of hydrogen-bond donors (Lipinski definition) is 2. The van der Waals surface area contributed by atoms with Gasteiger partial charge in [-0.3, -0.25) is 4.68 Å². The highest BCUT2D eigenvalue weighted by Crippen LogP contribution is 2.41. The number of anilines is 1. The summed E-state index contributed by atoms with van der Waals surface area (Å²) in [6, 6.07) is 12.0. The fourth-order valence-corrected chi connectivity index (χ4v) is 5.14. The normalized spacial score (nSPS) is 12.3. The molecule has 3 heterocycles. The summed E-state index contributed by atoms with van der Waals surface area (Å²) in [7, 11) is 0. The maximum absolute atomic E-state index is 14.8. The van der Waals surface area contributed by atoms with E-state index in [-0.39, 0.29) is 17.6 Å². The number of aryl methyl sites for hydroxylation is 1. The largest absolute Gasteiger partial charge is 0.352 e. The standard InChI is InChI=1S/C25H23F2N7S/c1-14-13-34(33-32-14)9-8-29-25-30-12-21(27)23(31-25)22-10-16-4-3-5-19(24(16)35-22)20-11-17(26)6-7-18(20)15(2)28/h3-7,10-13,15H,8-9,28H2,1-2H3,(H,29,30,31). The van der Waals surface area contributed by atoms with Gasteiger partial charge in [0.25, 0.3) is 0 Å². The maximum atomic E-state index is 14.8. The Hall–Kier alpha value is -3.76. The van der Waals surface area contributed by atoms with E-state index in [1.807, 2.05) is 44.3 Å². The van der Waals surface area contributed by atoms with Gasteiger partial charge in [0.2, 0.25) is 5.95 Å². The molecule has 0 fully saturated rings. The van der Waals surface area contributed by atoms with Crippen LogP contribution in [0.3, 0.4) is 0 Å². The van der Waals surface area contributed by atoms with Gasteiger partial charge in [-0.2, -0.15) is 0 Å². The predicted molar refractivity (Wildman–Crippen MR) is 134 cm³/mol. The molecule has 0 aliphatic carbocycles. The Balaban J connectivity index is 1.48. The zero-order valence-electron chi connectivity index (χ0n) is 19.2. The van der Waals surface area contributed by atoms with E-state index >= 15 is 0 Å². The van der Waals surface area contributed by atoms with E-state index in [4.69, 9.17) is 5.73 Å². The number of hydrogen-bond acceptors (Lipinski definition) is 7. The minimum absolute atomic E-state index is 0.206. The summed E-state index contributed by atoms with van der Waals surface area (Å²) >= 11 is 1.40. The zero-order valence-corrected chi connectivity index (χ0v) is 20.0. The Labute approximate surface area is 204 Å². The molecule has 178 valence electrons. The maximum Gasteiger partial charge on any atom is 0.223 e. The minimum Gasteiger partial charge on any atom is -0.352 e. The third-order valence-electron chi connectivity index (χ3n) is 5.59. The summed E-state index contributed by atoms with van der Waals surface area (Å²) in [6.07, 6.45) is 3.00. The quantitative estimate of drug-likeness (QED) is 0.319. The van der Waals surface area contributed by atoms with Crippen LogP contribution in [0.2, 0.25) is 0 Å². The molecule has 2 aromatic carbocycles. The van der Waals surface area contributed by atoms with Crippen LogP contribution in [0, 0.1) is 18.6 Å². The Morgan fingerprint density at radius 1 is 1.14 bits per heavy atom. The molecule has 0 aliphatic heterocycles. The van der Waals surface area contributed by atoms with E-state index in [9.17, 15) is 8.78 Å². The Morgan fingerprint density at radius 2 is 2.00 bits per heavy atom. The minimum atomic E-state index is -0.516. The van der Waals surface area contributed by atoms with Crippen molar-refractivity contribution in [1.82, 2.24) is 25.0 Å². The second-order valence-electron chi connectivity index (χ2n) is 8.29. The number of aromatic nitrogens is 5. The lowest BCUT2D eigenvalue weighted by Crippen LogP contribution is -2.13. The van der Waals surface area contributed by atoms with Crippen molar-refractivity contribution in [1.29, 1.82) is 0 Å². The fourth-order valence-electron chi connectivity index (χ4n) is 3.96. The third-order valence-corrected chi connectivity index (χ3v) is 6.79. The van der Waals surface area contributed by atoms with Gasteiger partial charge in [0.05, 0.1) is 23.3 Å². The molecule has 0 radical (unpaired) electrons. The second-order valence-corrected chi connectivity index (χ2v) is 9.35. The van der Waals surface area contributed by atoms with Gasteiger partial charge in [-0.05, 0) is 54.1 Å². The topological polar surface area (TPSA) is 94.5 Å². The molecule has 3 N–H and O–H groups in total. The first kappa shape index (κ1) is 23.0. The second kappa shape index (κ2) is 9.47. The van der Waals surface area contributed by atoms with Crippen molar-refractivity contribution < 1.29 is 8.78 Å². The number of benzene rings is 2. The molecule has 35 heavy (non-hydrogen) atoms. The molecule has 0 bridgehead atoms. The van der Waals surface area contributed by atoms with Crippen LogP contribution in [0.4, 0.5) is 14.7 Å². The van der Waals surface area contributed by atoms with E-state index in [1.165, 1.54) is 23.5 Å². The van der Waals surface area contributed by atoms with E-state index < -0.39 is 5.82 Å². The average Bonchev–Trinajstić information content (AvgIpc) is 3.45. The van der Waals surface area contributed by atoms with Crippen LogP contribution in [0.25, 0.3) is 31.8 Å². The number of fused-ring (bicyclic) bond motifs is 1. The molecule has 5 aromatic rings. The van der Waals surface area contributed by atoms with Gasteiger partial charge in [0, 0.05) is 23.5 Å². The van der Waals surface area contributed by atoms with Crippen LogP contribution in [0.1, 0.15) is 24.2 Å². The van der Waals surface area contributed by atoms with Crippen molar-refractivity contribution >= 4 is 27.4 Å². The van der Waals surface area contributed by atoms with E-state index in [0.717, 1.165) is 38.7 Å². The van der Waals surface area contributed by atoms with E-state index in [2.05, 4.69) is 25.6 Å². The molecular formula is C25H23F2N7S. The first-order valence-electron chi connectivity index (χ1n) is 11.1. The molecule has 0 spiro atoms.